The highest BCUT2D eigenvalue weighted by molar-refractivity contribution is 14.0. The summed E-state index contributed by atoms with van der Waals surface area (Å²) >= 11 is 0. The Morgan fingerprint density at radius 2 is 1.90 bits per heavy atom. The number of aliphatic imine (C=N–C) groups is 1. The minimum atomic E-state index is 0. The van der Waals surface area contributed by atoms with E-state index in [2.05, 4.69) is 39.8 Å². The summed E-state index contributed by atoms with van der Waals surface area (Å²) in [5.74, 6) is 3.61. The number of nitrogens with zero attached hydrogens (tertiary/aromatic N) is 3. The van der Waals surface area contributed by atoms with Gasteiger partial charge in [-0.3, -0.25) is 0 Å². The number of hydrogen-bond donors (Lipinski definition) is 2. The van der Waals surface area contributed by atoms with Crippen LogP contribution < -0.4 is 15.4 Å². The lowest BCUT2D eigenvalue weighted by Crippen LogP contribution is -2.38. The summed E-state index contributed by atoms with van der Waals surface area (Å²) in [6.45, 7) is 7.81. The summed E-state index contributed by atoms with van der Waals surface area (Å²) < 4.78 is 11.2. The van der Waals surface area contributed by atoms with Crippen molar-refractivity contribution >= 4 is 29.9 Å². The van der Waals surface area contributed by atoms with Gasteiger partial charge in [-0.2, -0.15) is 4.98 Å². The van der Waals surface area contributed by atoms with Crippen molar-refractivity contribution in [1.82, 2.24) is 20.8 Å². The molecule has 160 valence electrons. The molecule has 3 aromatic rings. The van der Waals surface area contributed by atoms with Crippen LogP contribution in [0.3, 0.4) is 0 Å². The van der Waals surface area contributed by atoms with E-state index < -0.39 is 0 Å². The first-order valence-electron chi connectivity index (χ1n) is 9.78. The van der Waals surface area contributed by atoms with Crippen LogP contribution in [-0.2, 0) is 13.0 Å². The molecule has 0 atom stereocenters. The third-order valence-corrected chi connectivity index (χ3v) is 4.15. The van der Waals surface area contributed by atoms with Gasteiger partial charge in [-0.15, -0.1) is 24.0 Å². The monoisotopic (exact) mass is 521 g/mol. The average Bonchev–Trinajstić information content (AvgIpc) is 3.13. The lowest BCUT2D eigenvalue weighted by Gasteiger charge is -2.13. The van der Waals surface area contributed by atoms with Crippen LogP contribution in [0.15, 0.2) is 58.0 Å². The molecule has 0 saturated carbocycles. The van der Waals surface area contributed by atoms with Crippen molar-refractivity contribution in [2.45, 2.75) is 33.7 Å². The number of halogens is 1. The Balaban J connectivity index is 0.00000320. The quantitative estimate of drug-likeness (QED) is 0.260. The molecule has 2 N–H and O–H groups in total. The van der Waals surface area contributed by atoms with Gasteiger partial charge in [0.25, 0.3) is 0 Å². The van der Waals surface area contributed by atoms with E-state index in [9.17, 15) is 0 Å². The fraction of sp³-hybridized carbons (Fsp3) is 0.318. The minimum absolute atomic E-state index is 0. The second kappa shape index (κ2) is 12.2. The van der Waals surface area contributed by atoms with Gasteiger partial charge in [-0.1, -0.05) is 35.5 Å². The molecule has 0 aliphatic carbocycles. The molecular formula is C22H28IN5O2. The molecule has 0 saturated heterocycles. The van der Waals surface area contributed by atoms with E-state index in [1.807, 2.05) is 50.2 Å². The molecule has 1 heterocycles. The Hall–Kier alpha value is -2.62. The fourth-order valence-electron chi connectivity index (χ4n) is 2.74. The topological polar surface area (TPSA) is 84.6 Å². The zero-order valence-corrected chi connectivity index (χ0v) is 19.8. The largest absolute Gasteiger partial charge is 0.457 e. The van der Waals surface area contributed by atoms with Crippen LogP contribution in [-0.4, -0.2) is 29.2 Å². The van der Waals surface area contributed by atoms with Crippen molar-refractivity contribution in [1.29, 1.82) is 0 Å². The fourth-order valence-corrected chi connectivity index (χ4v) is 2.74. The maximum Gasteiger partial charge on any atom is 0.228 e. The molecule has 0 bridgehead atoms. The smallest absolute Gasteiger partial charge is 0.228 e. The molecule has 0 spiro atoms. The second-order valence-electron chi connectivity index (χ2n) is 6.63. The van der Waals surface area contributed by atoms with Gasteiger partial charge in [0.2, 0.25) is 5.89 Å². The SMILES string of the molecule is CCNC(=NCc1ccc(C)cc1Oc1ccccc1)NCCc1nc(C)no1.I. The summed E-state index contributed by atoms with van der Waals surface area (Å²) in [5, 5.41) is 10.4. The lowest BCUT2D eigenvalue weighted by atomic mass is 10.1. The number of nitrogens with one attached hydrogen (secondary N) is 2. The Kier molecular flexibility index (Phi) is 9.59. The Labute approximate surface area is 194 Å². The summed E-state index contributed by atoms with van der Waals surface area (Å²) in [4.78, 5) is 8.91. The van der Waals surface area contributed by atoms with Gasteiger partial charge >= 0.3 is 0 Å². The van der Waals surface area contributed by atoms with Gasteiger partial charge in [0.15, 0.2) is 11.8 Å². The molecule has 2 aromatic carbocycles. The first kappa shape index (κ1) is 23.7. The number of aryl methyl sites for hydroxylation is 2. The highest BCUT2D eigenvalue weighted by Gasteiger charge is 2.07. The van der Waals surface area contributed by atoms with E-state index in [0.717, 1.165) is 35.1 Å². The molecule has 1 aromatic heterocycles. The second-order valence-corrected chi connectivity index (χ2v) is 6.63. The van der Waals surface area contributed by atoms with Crippen LogP contribution in [0.2, 0.25) is 0 Å². The van der Waals surface area contributed by atoms with Crippen LogP contribution in [0.25, 0.3) is 0 Å². The maximum absolute atomic E-state index is 6.09. The number of benzene rings is 2. The number of para-hydroxylation sites is 1. The molecule has 8 heteroatoms. The van der Waals surface area contributed by atoms with Gasteiger partial charge in [-0.25, -0.2) is 4.99 Å². The Morgan fingerprint density at radius 1 is 1.10 bits per heavy atom. The van der Waals surface area contributed by atoms with Crippen molar-refractivity contribution in [3.8, 4) is 11.5 Å². The van der Waals surface area contributed by atoms with Gasteiger partial charge in [0.1, 0.15) is 11.5 Å². The Morgan fingerprint density at radius 3 is 2.60 bits per heavy atom. The molecule has 0 amide bonds. The standard InChI is InChI=1S/C22H27N5O2.HI/c1-4-23-22(24-13-12-21-26-17(3)27-29-21)25-15-18-11-10-16(2)14-20(18)28-19-8-6-5-7-9-19;/h5-11,14H,4,12-13,15H2,1-3H3,(H2,23,24,25);1H. The molecule has 0 unspecified atom stereocenters. The highest BCUT2D eigenvalue weighted by Crippen LogP contribution is 2.27. The predicted molar refractivity (Wildman–Crippen MR) is 129 cm³/mol. The van der Waals surface area contributed by atoms with Crippen molar-refractivity contribution in [2.75, 3.05) is 13.1 Å². The zero-order chi connectivity index (χ0) is 20.5. The van der Waals surface area contributed by atoms with E-state index in [4.69, 9.17) is 14.3 Å². The van der Waals surface area contributed by atoms with E-state index in [0.29, 0.717) is 31.2 Å². The number of aromatic nitrogens is 2. The van der Waals surface area contributed by atoms with E-state index in [1.165, 1.54) is 0 Å². The van der Waals surface area contributed by atoms with E-state index in [1.54, 1.807) is 0 Å². The molecule has 0 radical (unpaired) electrons. The first-order valence-corrected chi connectivity index (χ1v) is 9.78. The summed E-state index contributed by atoms with van der Waals surface area (Å²) in [6, 6.07) is 15.9. The van der Waals surface area contributed by atoms with Crippen LogP contribution in [0.1, 0.15) is 29.8 Å². The molecule has 3 rings (SSSR count). The van der Waals surface area contributed by atoms with Gasteiger partial charge in [-0.05, 0) is 44.5 Å². The molecule has 0 aliphatic heterocycles. The third kappa shape index (κ3) is 7.33. The third-order valence-electron chi connectivity index (χ3n) is 4.15. The molecule has 7 nitrogen and oxygen atoms in total. The van der Waals surface area contributed by atoms with Crippen LogP contribution in [0.4, 0.5) is 0 Å². The minimum Gasteiger partial charge on any atom is -0.457 e. The molecular weight excluding hydrogens is 493 g/mol. The van der Waals surface area contributed by atoms with E-state index >= 15 is 0 Å². The zero-order valence-electron chi connectivity index (χ0n) is 17.5. The van der Waals surface area contributed by atoms with E-state index in [-0.39, 0.29) is 24.0 Å². The Bertz CT molecular complexity index is 944. The van der Waals surface area contributed by atoms with Crippen LogP contribution in [0, 0.1) is 13.8 Å². The van der Waals surface area contributed by atoms with Crippen LogP contribution >= 0.6 is 24.0 Å². The number of hydrogen-bond acceptors (Lipinski definition) is 5. The van der Waals surface area contributed by atoms with Gasteiger partial charge < -0.3 is 19.9 Å². The summed E-state index contributed by atoms with van der Waals surface area (Å²) in [6.07, 6.45) is 0.637. The summed E-state index contributed by atoms with van der Waals surface area (Å²) in [7, 11) is 0. The number of guanidine groups is 1. The first-order chi connectivity index (χ1) is 14.1. The summed E-state index contributed by atoms with van der Waals surface area (Å²) in [5.41, 5.74) is 2.16. The van der Waals surface area contributed by atoms with Gasteiger partial charge in [0, 0.05) is 25.1 Å². The van der Waals surface area contributed by atoms with Gasteiger partial charge in [0.05, 0.1) is 6.54 Å². The normalized spacial score (nSPS) is 11.0. The lowest BCUT2D eigenvalue weighted by molar-refractivity contribution is 0.374. The molecule has 0 fully saturated rings. The van der Waals surface area contributed by atoms with Crippen molar-refractivity contribution in [2.24, 2.45) is 4.99 Å². The van der Waals surface area contributed by atoms with Crippen LogP contribution in [0.5, 0.6) is 11.5 Å². The predicted octanol–water partition coefficient (Wildman–Crippen LogP) is 4.39. The average molecular weight is 521 g/mol. The maximum atomic E-state index is 6.09. The van der Waals surface area contributed by atoms with Crippen molar-refractivity contribution in [3.05, 3.63) is 71.4 Å². The van der Waals surface area contributed by atoms with Crippen molar-refractivity contribution in [3.63, 3.8) is 0 Å². The highest BCUT2D eigenvalue weighted by atomic mass is 127. The number of rotatable bonds is 8. The molecule has 30 heavy (non-hydrogen) atoms. The molecule has 0 aliphatic rings. The van der Waals surface area contributed by atoms with Crippen molar-refractivity contribution < 1.29 is 9.26 Å². The number of ether oxygens (including phenoxy) is 1.